The molecule has 3 aromatic rings. The van der Waals surface area contributed by atoms with Crippen LogP contribution in [0.5, 0.6) is 0 Å². The van der Waals surface area contributed by atoms with Gasteiger partial charge in [-0.3, -0.25) is 29.4 Å². The molecular formula is C18H11N3O6S. The van der Waals surface area contributed by atoms with Gasteiger partial charge in [0.2, 0.25) is 0 Å². The van der Waals surface area contributed by atoms with E-state index >= 15 is 0 Å². The molecule has 2 aromatic carbocycles. The van der Waals surface area contributed by atoms with Gasteiger partial charge >= 0.3 is 5.97 Å². The van der Waals surface area contributed by atoms with E-state index in [4.69, 9.17) is 4.74 Å². The van der Waals surface area contributed by atoms with Crippen LogP contribution in [-0.2, 0) is 16.1 Å². The van der Waals surface area contributed by atoms with Crippen molar-refractivity contribution in [2.45, 2.75) is 6.61 Å². The number of imide groups is 1. The molecule has 2 heterocycles. The first-order chi connectivity index (χ1) is 13.4. The Morgan fingerprint density at radius 1 is 1.14 bits per heavy atom. The van der Waals surface area contributed by atoms with Crippen molar-refractivity contribution >= 4 is 45.0 Å². The van der Waals surface area contributed by atoms with Crippen LogP contribution in [-0.4, -0.2) is 39.1 Å². The van der Waals surface area contributed by atoms with Crippen LogP contribution in [0.4, 0.5) is 5.69 Å². The van der Waals surface area contributed by atoms with Gasteiger partial charge in [-0.1, -0.05) is 12.1 Å². The zero-order valence-corrected chi connectivity index (χ0v) is 15.0. The van der Waals surface area contributed by atoms with Gasteiger partial charge in [0.25, 0.3) is 17.5 Å². The summed E-state index contributed by atoms with van der Waals surface area (Å²) in [5.74, 6) is -2.23. The van der Waals surface area contributed by atoms with Gasteiger partial charge in [0.1, 0.15) is 18.2 Å². The minimum atomic E-state index is -0.775. The number of hydrogen-bond donors (Lipinski definition) is 0. The Kier molecular flexibility index (Phi) is 4.32. The molecule has 140 valence electrons. The Morgan fingerprint density at radius 3 is 2.64 bits per heavy atom. The summed E-state index contributed by atoms with van der Waals surface area (Å²) in [5, 5.41) is 11.4. The smallest absolute Gasteiger partial charge is 0.326 e. The maximum atomic E-state index is 12.4. The highest BCUT2D eigenvalue weighted by molar-refractivity contribution is 7.18. The van der Waals surface area contributed by atoms with E-state index in [9.17, 15) is 24.5 Å². The van der Waals surface area contributed by atoms with E-state index in [-0.39, 0.29) is 23.4 Å². The maximum Gasteiger partial charge on any atom is 0.326 e. The van der Waals surface area contributed by atoms with Gasteiger partial charge in [-0.2, -0.15) is 0 Å². The summed E-state index contributed by atoms with van der Waals surface area (Å²) < 4.78 is 6.09. The topological polar surface area (TPSA) is 120 Å². The van der Waals surface area contributed by atoms with E-state index in [1.807, 2.05) is 24.3 Å². The van der Waals surface area contributed by atoms with Crippen LogP contribution in [0.2, 0.25) is 0 Å². The van der Waals surface area contributed by atoms with E-state index in [1.54, 1.807) is 0 Å². The number of carbonyl (C=O) groups excluding carboxylic acids is 3. The standard InChI is InChI=1S/C18H11N3O6S/c22-16(27-9-15-19-13-3-1-2-4-14(13)28-15)8-20-17(23)11-6-5-10(21(25)26)7-12(11)18(20)24/h1-7H,8-9H2. The lowest BCUT2D eigenvalue weighted by molar-refractivity contribution is -0.384. The molecule has 1 aromatic heterocycles. The van der Waals surface area contributed by atoms with Crippen molar-refractivity contribution in [1.29, 1.82) is 0 Å². The highest BCUT2D eigenvalue weighted by atomic mass is 32.1. The van der Waals surface area contributed by atoms with Crippen LogP contribution in [0.15, 0.2) is 42.5 Å². The molecule has 10 heteroatoms. The second-order valence-corrected chi connectivity index (χ2v) is 7.03. The van der Waals surface area contributed by atoms with Crippen LogP contribution in [0.1, 0.15) is 25.7 Å². The number of hydrogen-bond acceptors (Lipinski definition) is 8. The van der Waals surface area contributed by atoms with Gasteiger partial charge in [0.15, 0.2) is 0 Å². The normalized spacial score (nSPS) is 13.1. The number of esters is 1. The number of aromatic nitrogens is 1. The number of benzene rings is 2. The summed E-state index contributed by atoms with van der Waals surface area (Å²) in [4.78, 5) is 52.1. The van der Waals surface area contributed by atoms with Crippen molar-refractivity contribution in [3.8, 4) is 0 Å². The zero-order chi connectivity index (χ0) is 19.8. The summed E-state index contributed by atoms with van der Waals surface area (Å²) in [6.07, 6.45) is 0. The van der Waals surface area contributed by atoms with Crippen molar-refractivity contribution in [1.82, 2.24) is 9.88 Å². The van der Waals surface area contributed by atoms with Crippen molar-refractivity contribution in [3.05, 3.63) is 68.7 Å². The minimum absolute atomic E-state index is 0.0228. The van der Waals surface area contributed by atoms with Crippen molar-refractivity contribution in [3.63, 3.8) is 0 Å². The van der Waals surface area contributed by atoms with Gasteiger partial charge in [-0.25, -0.2) is 4.98 Å². The lowest BCUT2D eigenvalue weighted by Crippen LogP contribution is -2.35. The number of amides is 2. The number of carbonyl (C=O) groups is 3. The molecule has 4 rings (SSSR count). The molecule has 1 aliphatic rings. The lowest BCUT2D eigenvalue weighted by atomic mass is 10.1. The molecule has 0 spiro atoms. The van der Waals surface area contributed by atoms with Gasteiger partial charge in [-0.05, 0) is 18.2 Å². The van der Waals surface area contributed by atoms with Crippen LogP contribution in [0.3, 0.4) is 0 Å². The second kappa shape index (κ2) is 6.82. The summed E-state index contributed by atoms with van der Waals surface area (Å²) in [5.41, 5.74) is 0.411. The summed E-state index contributed by atoms with van der Waals surface area (Å²) in [6.45, 7) is -0.655. The number of fused-ring (bicyclic) bond motifs is 2. The highest BCUT2D eigenvalue weighted by Crippen LogP contribution is 2.27. The predicted octanol–water partition coefficient (Wildman–Crippen LogP) is 2.54. The Balaban J connectivity index is 1.43. The Hall–Kier alpha value is -3.66. The molecule has 0 atom stereocenters. The molecule has 0 saturated carbocycles. The first-order valence-electron chi connectivity index (χ1n) is 8.09. The van der Waals surface area contributed by atoms with Gasteiger partial charge in [0, 0.05) is 12.1 Å². The average Bonchev–Trinajstić information content (AvgIpc) is 3.20. The van der Waals surface area contributed by atoms with E-state index in [1.165, 1.54) is 17.4 Å². The maximum absolute atomic E-state index is 12.4. The average molecular weight is 397 g/mol. The molecule has 0 fully saturated rings. The molecule has 0 bridgehead atoms. The first-order valence-corrected chi connectivity index (χ1v) is 8.90. The van der Waals surface area contributed by atoms with Crippen molar-refractivity contribution < 1.29 is 24.0 Å². The SMILES string of the molecule is O=C(CN1C(=O)c2ccc([N+](=O)[O-])cc2C1=O)OCc1nc2ccccc2s1. The number of non-ortho nitro benzene ring substituents is 1. The monoisotopic (exact) mass is 397 g/mol. The van der Waals surface area contributed by atoms with Crippen LogP contribution in [0, 0.1) is 10.1 Å². The summed E-state index contributed by atoms with van der Waals surface area (Å²) in [7, 11) is 0. The quantitative estimate of drug-likeness (QED) is 0.281. The third-order valence-corrected chi connectivity index (χ3v) is 5.16. The van der Waals surface area contributed by atoms with Gasteiger partial charge in [0.05, 0.1) is 26.3 Å². The Morgan fingerprint density at radius 2 is 1.89 bits per heavy atom. The van der Waals surface area contributed by atoms with E-state index < -0.39 is 29.3 Å². The lowest BCUT2D eigenvalue weighted by Gasteiger charge is -2.12. The second-order valence-electron chi connectivity index (χ2n) is 5.92. The molecule has 1 aliphatic heterocycles. The Bertz CT molecular complexity index is 1120. The minimum Gasteiger partial charge on any atom is -0.457 e. The van der Waals surface area contributed by atoms with E-state index in [0.717, 1.165) is 27.2 Å². The fourth-order valence-corrected chi connectivity index (χ4v) is 3.72. The summed E-state index contributed by atoms with van der Waals surface area (Å²) >= 11 is 1.38. The number of para-hydroxylation sites is 1. The molecule has 28 heavy (non-hydrogen) atoms. The predicted molar refractivity (Wildman–Crippen MR) is 97.9 cm³/mol. The number of ether oxygens (including phenoxy) is 1. The largest absolute Gasteiger partial charge is 0.457 e. The Labute approximate surface area is 161 Å². The number of rotatable bonds is 5. The van der Waals surface area contributed by atoms with Crippen molar-refractivity contribution in [2.75, 3.05) is 6.54 Å². The van der Waals surface area contributed by atoms with E-state index in [2.05, 4.69) is 4.98 Å². The number of nitro benzene ring substituents is 1. The fourth-order valence-electron chi connectivity index (χ4n) is 2.83. The molecule has 9 nitrogen and oxygen atoms in total. The van der Waals surface area contributed by atoms with Crippen LogP contribution >= 0.6 is 11.3 Å². The van der Waals surface area contributed by atoms with Crippen LogP contribution < -0.4 is 0 Å². The highest BCUT2D eigenvalue weighted by Gasteiger charge is 2.38. The molecule has 0 N–H and O–H groups in total. The number of nitro groups is 1. The molecule has 0 unspecified atom stereocenters. The first kappa shape index (κ1) is 17.7. The van der Waals surface area contributed by atoms with Gasteiger partial charge in [-0.15, -0.1) is 11.3 Å². The van der Waals surface area contributed by atoms with Crippen LogP contribution in [0.25, 0.3) is 10.2 Å². The van der Waals surface area contributed by atoms with E-state index in [0.29, 0.717) is 5.01 Å². The molecule has 2 amide bonds. The zero-order valence-electron chi connectivity index (χ0n) is 14.2. The summed E-state index contributed by atoms with van der Waals surface area (Å²) in [6, 6.07) is 10.8. The third kappa shape index (κ3) is 3.09. The molecule has 0 aliphatic carbocycles. The van der Waals surface area contributed by atoms with Gasteiger partial charge < -0.3 is 4.74 Å². The van der Waals surface area contributed by atoms with Crippen molar-refractivity contribution in [2.24, 2.45) is 0 Å². The number of thiazole rings is 1. The number of nitrogens with zero attached hydrogens (tertiary/aromatic N) is 3. The molecule has 0 saturated heterocycles. The molecular weight excluding hydrogens is 386 g/mol. The fraction of sp³-hybridized carbons (Fsp3) is 0.111. The molecule has 0 radical (unpaired) electrons. The third-order valence-electron chi connectivity index (χ3n) is 4.15.